The number of nitrogens with zero attached hydrogens (tertiary/aromatic N) is 1. The van der Waals surface area contributed by atoms with Crippen molar-refractivity contribution in [3.8, 4) is 11.5 Å². The second kappa shape index (κ2) is 7.66. The maximum absolute atomic E-state index is 13.2. The van der Waals surface area contributed by atoms with E-state index in [-0.39, 0.29) is 5.91 Å². The van der Waals surface area contributed by atoms with Crippen LogP contribution in [0.5, 0.6) is 11.5 Å². The Balaban J connectivity index is 1.77. The molecule has 0 bridgehead atoms. The number of anilines is 1. The van der Waals surface area contributed by atoms with Crippen LogP contribution in [0.4, 0.5) is 5.69 Å². The second-order valence-electron chi connectivity index (χ2n) is 6.12. The van der Waals surface area contributed by atoms with E-state index in [0.717, 1.165) is 22.0 Å². The molecule has 3 aromatic carbocycles. The highest BCUT2D eigenvalue weighted by molar-refractivity contribution is 8.27. The predicted octanol–water partition coefficient (Wildman–Crippen LogP) is 5.26. The summed E-state index contributed by atoms with van der Waals surface area (Å²) in [7, 11) is 3.20. The molecule has 0 unspecified atom stereocenters. The van der Waals surface area contributed by atoms with Gasteiger partial charge in [0.1, 0.15) is 11.5 Å². The summed E-state index contributed by atoms with van der Waals surface area (Å²) < 4.78 is 11.2. The van der Waals surface area contributed by atoms with Gasteiger partial charge in [-0.1, -0.05) is 60.4 Å². The predicted molar refractivity (Wildman–Crippen MR) is 119 cm³/mol. The number of hydrogen-bond acceptors (Lipinski definition) is 5. The lowest BCUT2D eigenvalue weighted by Crippen LogP contribution is -2.27. The topological polar surface area (TPSA) is 38.8 Å². The summed E-state index contributed by atoms with van der Waals surface area (Å²) in [6.07, 6.45) is 1.80. The van der Waals surface area contributed by atoms with Gasteiger partial charge in [0.25, 0.3) is 5.91 Å². The summed E-state index contributed by atoms with van der Waals surface area (Å²) in [5, 5.41) is 2.05. The lowest BCUT2D eigenvalue weighted by Gasteiger charge is -2.17. The molecule has 0 aromatic heterocycles. The van der Waals surface area contributed by atoms with Gasteiger partial charge in [-0.25, -0.2) is 0 Å². The van der Waals surface area contributed by atoms with Gasteiger partial charge in [-0.15, -0.1) is 0 Å². The molecule has 1 saturated heterocycles. The molecule has 4 nitrogen and oxygen atoms in total. The molecule has 0 atom stereocenters. The standard InChI is InChI=1S/C22H17NO3S2/c1-25-16-10-11-19(26-2)15(12-16)13-20-21(24)23(22(27)28-20)18-9-5-7-14-6-3-4-8-17(14)18/h3-13H,1-2H3/b20-13-. The van der Waals surface area contributed by atoms with Crippen molar-refractivity contribution >= 4 is 56.7 Å². The minimum absolute atomic E-state index is 0.142. The van der Waals surface area contributed by atoms with Crippen LogP contribution >= 0.6 is 24.0 Å². The molecule has 28 heavy (non-hydrogen) atoms. The average molecular weight is 408 g/mol. The highest BCUT2D eigenvalue weighted by Gasteiger charge is 2.34. The Kier molecular flexibility index (Phi) is 5.07. The van der Waals surface area contributed by atoms with E-state index < -0.39 is 0 Å². The molecule has 0 spiro atoms. The van der Waals surface area contributed by atoms with Crippen molar-refractivity contribution in [2.24, 2.45) is 0 Å². The summed E-state index contributed by atoms with van der Waals surface area (Å²) in [6, 6.07) is 19.3. The maximum atomic E-state index is 13.2. The minimum atomic E-state index is -0.142. The number of amides is 1. The molecule has 3 aromatic rings. The third kappa shape index (κ3) is 3.25. The van der Waals surface area contributed by atoms with Gasteiger partial charge in [-0.3, -0.25) is 9.69 Å². The van der Waals surface area contributed by atoms with E-state index in [2.05, 4.69) is 0 Å². The van der Waals surface area contributed by atoms with Crippen LogP contribution in [-0.2, 0) is 4.79 Å². The number of methoxy groups -OCH3 is 2. The number of hydrogen-bond donors (Lipinski definition) is 0. The SMILES string of the molecule is COc1ccc(OC)c(/C=C2\SC(=S)N(c3cccc4ccccc34)C2=O)c1. The van der Waals surface area contributed by atoms with Crippen LogP contribution in [0.25, 0.3) is 16.8 Å². The fourth-order valence-electron chi connectivity index (χ4n) is 3.17. The molecule has 0 aliphatic carbocycles. The van der Waals surface area contributed by atoms with Crippen molar-refractivity contribution in [1.29, 1.82) is 0 Å². The number of ether oxygens (including phenoxy) is 2. The molecule has 0 saturated carbocycles. The summed E-state index contributed by atoms with van der Waals surface area (Å²) in [5.41, 5.74) is 1.56. The van der Waals surface area contributed by atoms with Crippen molar-refractivity contribution in [1.82, 2.24) is 0 Å². The molecular weight excluding hydrogens is 390 g/mol. The Bertz CT molecular complexity index is 1120. The zero-order chi connectivity index (χ0) is 19.7. The van der Waals surface area contributed by atoms with E-state index in [9.17, 15) is 4.79 Å². The van der Waals surface area contributed by atoms with E-state index in [0.29, 0.717) is 20.7 Å². The molecule has 4 rings (SSSR count). The van der Waals surface area contributed by atoms with Crippen molar-refractivity contribution < 1.29 is 14.3 Å². The molecular formula is C22H17NO3S2. The summed E-state index contributed by atoms with van der Waals surface area (Å²) >= 11 is 6.82. The van der Waals surface area contributed by atoms with Gasteiger partial charge in [-0.2, -0.15) is 0 Å². The van der Waals surface area contributed by atoms with Crippen molar-refractivity contribution in [2.75, 3.05) is 19.1 Å². The number of rotatable bonds is 4. The zero-order valence-corrected chi connectivity index (χ0v) is 17.0. The van der Waals surface area contributed by atoms with Crippen LogP contribution in [0.2, 0.25) is 0 Å². The fourth-order valence-corrected chi connectivity index (χ4v) is 4.45. The van der Waals surface area contributed by atoms with Gasteiger partial charge < -0.3 is 9.47 Å². The molecule has 1 aliphatic heterocycles. The van der Waals surface area contributed by atoms with Crippen LogP contribution in [0.15, 0.2) is 65.6 Å². The van der Waals surface area contributed by atoms with E-state index >= 15 is 0 Å². The monoisotopic (exact) mass is 407 g/mol. The molecule has 1 fully saturated rings. The number of benzene rings is 3. The Labute approximate surface area is 172 Å². The first kappa shape index (κ1) is 18.5. The van der Waals surface area contributed by atoms with Gasteiger partial charge in [0, 0.05) is 10.9 Å². The first-order valence-electron chi connectivity index (χ1n) is 8.60. The Morgan fingerprint density at radius 3 is 2.57 bits per heavy atom. The summed E-state index contributed by atoms with van der Waals surface area (Å²) in [5.74, 6) is 1.21. The van der Waals surface area contributed by atoms with Gasteiger partial charge in [0.15, 0.2) is 4.32 Å². The Hall–Kier alpha value is -2.83. The molecule has 1 amide bonds. The van der Waals surface area contributed by atoms with E-state index in [1.54, 1.807) is 25.2 Å². The lowest BCUT2D eigenvalue weighted by molar-refractivity contribution is -0.113. The second-order valence-corrected chi connectivity index (χ2v) is 7.80. The molecule has 6 heteroatoms. The summed E-state index contributed by atoms with van der Waals surface area (Å²) in [6.45, 7) is 0. The van der Waals surface area contributed by atoms with Gasteiger partial charge in [0.2, 0.25) is 0 Å². The third-order valence-corrected chi connectivity index (χ3v) is 5.83. The normalized spacial score (nSPS) is 15.5. The number of carbonyl (C=O) groups excluding carboxylic acids is 1. The van der Waals surface area contributed by atoms with Gasteiger partial charge in [0.05, 0.1) is 24.8 Å². The zero-order valence-electron chi connectivity index (χ0n) is 15.3. The smallest absolute Gasteiger partial charge is 0.270 e. The first-order chi connectivity index (χ1) is 13.6. The highest BCUT2D eigenvalue weighted by atomic mass is 32.2. The highest BCUT2D eigenvalue weighted by Crippen LogP contribution is 2.40. The van der Waals surface area contributed by atoms with E-state index in [4.69, 9.17) is 21.7 Å². The van der Waals surface area contributed by atoms with Crippen LogP contribution in [0.1, 0.15) is 5.56 Å². The molecule has 1 heterocycles. The van der Waals surface area contributed by atoms with Crippen LogP contribution < -0.4 is 14.4 Å². The number of thiocarbonyl (C=S) groups is 1. The Morgan fingerprint density at radius 2 is 1.79 bits per heavy atom. The Morgan fingerprint density at radius 1 is 1.00 bits per heavy atom. The van der Waals surface area contributed by atoms with Crippen LogP contribution in [-0.4, -0.2) is 24.4 Å². The molecule has 0 N–H and O–H groups in total. The van der Waals surface area contributed by atoms with Crippen LogP contribution in [0.3, 0.4) is 0 Å². The quantitative estimate of drug-likeness (QED) is 0.436. The van der Waals surface area contributed by atoms with Crippen LogP contribution in [0, 0.1) is 0 Å². The van der Waals surface area contributed by atoms with E-state index in [1.807, 2.05) is 60.7 Å². The molecule has 140 valence electrons. The molecule has 0 radical (unpaired) electrons. The maximum Gasteiger partial charge on any atom is 0.270 e. The van der Waals surface area contributed by atoms with Crippen molar-refractivity contribution in [2.45, 2.75) is 0 Å². The first-order valence-corrected chi connectivity index (χ1v) is 9.82. The largest absolute Gasteiger partial charge is 0.497 e. The minimum Gasteiger partial charge on any atom is -0.497 e. The number of fused-ring (bicyclic) bond motifs is 1. The van der Waals surface area contributed by atoms with Gasteiger partial charge >= 0.3 is 0 Å². The molecule has 1 aliphatic rings. The summed E-state index contributed by atoms with van der Waals surface area (Å²) in [4.78, 5) is 15.3. The lowest BCUT2D eigenvalue weighted by atomic mass is 10.1. The fraction of sp³-hybridized carbons (Fsp3) is 0.0909. The average Bonchev–Trinajstić information content (AvgIpc) is 3.00. The number of carbonyl (C=O) groups is 1. The van der Waals surface area contributed by atoms with E-state index in [1.165, 1.54) is 11.8 Å². The van der Waals surface area contributed by atoms with Crippen molar-refractivity contribution in [3.63, 3.8) is 0 Å². The van der Waals surface area contributed by atoms with Gasteiger partial charge in [-0.05, 0) is 35.7 Å². The third-order valence-electron chi connectivity index (χ3n) is 4.52. The number of thioether (sulfide) groups is 1. The van der Waals surface area contributed by atoms with Crippen molar-refractivity contribution in [3.05, 3.63) is 71.1 Å².